The second-order valence-corrected chi connectivity index (χ2v) is 10.4. The molecule has 2 heterocycles. The molecule has 1 aliphatic heterocycles. The second kappa shape index (κ2) is 8.62. The Kier molecular flexibility index (Phi) is 6.00. The number of hydrazine groups is 1. The zero-order valence-corrected chi connectivity index (χ0v) is 20.5. The lowest BCUT2D eigenvalue weighted by atomic mass is 10.00. The number of hydrogen-bond donors (Lipinski definition) is 2. The Morgan fingerprint density at radius 1 is 1.15 bits per heavy atom. The van der Waals surface area contributed by atoms with Crippen LogP contribution in [0.4, 0.5) is 17.5 Å². The Balaban J connectivity index is 1.59. The molecular formula is C23H29N7O2S. The number of sulfonamides is 1. The predicted molar refractivity (Wildman–Crippen MR) is 130 cm³/mol. The molecule has 0 radical (unpaired) electrons. The van der Waals surface area contributed by atoms with Crippen molar-refractivity contribution >= 4 is 27.5 Å². The van der Waals surface area contributed by atoms with Gasteiger partial charge in [0.05, 0.1) is 10.9 Å². The van der Waals surface area contributed by atoms with Gasteiger partial charge in [-0.2, -0.15) is 4.98 Å². The first kappa shape index (κ1) is 23.0. The third kappa shape index (κ3) is 4.37. The van der Waals surface area contributed by atoms with Crippen LogP contribution in [0.15, 0.2) is 70.6 Å². The van der Waals surface area contributed by atoms with Crippen molar-refractivity contribution in [1.82, 2.24) is 24.7 Å². The monoisotopic (exact) mass is 467 g/mol. The van der Waals surface area contributed by atoms with E-state index in [0.29, 0.717) is 23.0 Å². The number of nitrogens with zero attached hydrogens (tertiary/aromatic N) is 5. The van der Waals surface area contributed by atoms with E-state index < -0.39 is 10.0 Å². The fraction of sp³-hybridized carbons (Fsp3) is 0.304. The number of hydrogen-bond acceptors (Lipinski definition) is 8. The molecular weight excluding hydrogens is 438 g/mol. The van der Waals surface area contributed by atoms with Crippen LogP contribution in [0.3, 0.4) is 0 Å². The van der Waals surface area contributed by atoms with Crippen LogP contribution in [0.5, 0.6) is 0 Å². The summed E-state index contributed by atoms with van der Waals surface area (Å²) in [5.74, 6) is 1.10. The third-order valence-electron chi connectivity index (χ3n) is 5.93. The van der Waals surface area contributed by atoms with E-state index in [9.17, 15) is 8.42 Å². The lowest BCUT2D eigenvalue weighted by Crippen LogP contribution is -2.34. The fourth-order valence-electron chi connectivity index (χ4n) is 3.76. The number of likely N-dealkylation sites (N-methyl/N-ethyl adjacent to an activating group) is 1. The zero-order valence-electron chi connectivity index (χ0n) is 19.7. The van der Waals surface area contributed by atoms with Crippen molar-refractivity contribution in [2.75, 3.05) is 38.4 Å². The molecule has 2 aliphatic rings. The summed E-state index contributed by atoms with van der Waals surface area (Å²) in [6, 6.07) is 7.21. The van der Waals surface area contributed by atoms with Crippen molar-refractivity contribution in [2.45, 2.75) is 24.8 Å². The Morgan fingerprint density at radius 3 is 2.64 bits per heavy atom. The number of fused-ring (bicyclic) bond motifs is 1. The maximum atomic E-state index is 12.6. The molecule has 0 amide bonds. The molecule has 1 atom stereocenters. The number of aryl methyl sites for hydroxylation is 1. The summed E-state index contributed by atoms with van der Waals surface area (Å²) in [4.78, 5) is 11.2. The van der Waals surface area contributed by atoms with E-state index >= 15 is 0 Å². The van der Waals surface area contributed by atoms with Crippen molar-refractivity contribution in [2.24, 2.45) is 0 Å². The Hall–Kier alpha value is -3.21. The van der Waals surface area contributed by atoms with Crippen molar-refractivity contribution in [1.29, 1.82) is 0 Å². The number of allylic oxidation sites excluding steroid dienone is 2. The lowest BCUT2D eigenvalue weighted by Gasteiger charge is -2.24. The highest BCUT2D eigenvalue weighted by atomic mass is 32.2. The first-order valence-electron chi connectivity index (χ1n) is 10.6. The molecule has 10 heteroatoms. The van der Waals surface area contributed by atoms with Crippen LogP contribution in [0.1, 0.15) is 12.5 Å². The first-order valence-corrected chi connectivity index (χ1v) is 12.0. The molecule has 0 saturated carbocycles. The molecule has 1 aromatic heterocycles. The van der Waals surface area contributed by atoms with Gasteiger partial charge in [-0.15, -0.1) is 0 Å². The van der Waals surface area contributed by atoms with E-state index in [4.69, 9.17) is 0 Å². The van der Waals surface area contributed by atoms with Gasteiger partial charge in [0.25, 0.3) is 0 Å². The van der Waals surface area contributed by atoms with Gasteiger partial charge in [0.1, 0.15) is 5.82 Å². The minimum absolute atomic E-state index is 0.184. The summed E-state index contributed by atoms with van der Waals surface area (Å²) in [7, 11) is 3.44. The smallest absolute Gasteiger partial charge is 0.242 e. The normalized spacial score (nSPS) is 18.0. The molecule has 0 saturated heterocycles. The summed E-state index contributed by atoms with van der Waals surface area (Å²) in [5.41, 5.74) is 8.09. The maximum absolute atomic E-state index is 12.6. The summed E-state index contributed by atoms with van der Waals surface area (Å²) >= 11 is 0. The summed E-state index contributed by atoms with van der Waals surface area (Å²) in [5, 5.41) is 5.17. The Bertz CT molecular complexity index is 1280. The lowest BCUT2D eigenvalue weighted by molar-refractivity contribution is 0.325. The molecule has 9 nitrogen and oxygen atoms in total. The van der Waals surface area contributed by atoms with E-state index in [1.165, 1.54) is 29.7 Å². The average Bonchev–Trinajstić information content (AvgIpc) is 3.07. The first-order chi connectivity index (χ1) is 15.6. The molecule has 0 spiro atoms. The fourth-order valence-corrected chi connectivity index (χ4v) is 4.90. The molecule has 174 valence electrons. The van der Waals surface area contributed by atoms with Crippen molar-refractivity contribution in [3.05, 3.63) is 71.2 Å². The zero-order chi connectivity index (χ0) is 23.9. The Morgan fingerprint density at radius 2 is 1.91 bits per heavy atom. The molecule has 0 bridgehead atoms. The topological polar surface area (TPSA) is 93.7 Å². The van der Waals surface area contributed by atoms with E-state index in [1.807, 2.05) is 36.1 Å². The Labute approximate surface area is 195 Å². The molecule has 2 N–H and O–H groups in total. The standard InChI is InChI=1S/C23H29N7O2S/c1-15-7-8-17(13-21(15)33(31,32)28(3)4)25-23-24-12-11-22(26-23)29(5)18-9-10-20-19(14-18)16(2)30(6)27-20/h7-14,20,27H,1-6H3,(H,24,25,26). The van der Waals surface area contributed by atoms with Gasteiger partial charge in [0, 0.05) is 51.5 Å². The number of rotatable bonds is 6. The van der Waals surface area contributed by atoms with Gasteiger partial charge in [-0.1, -0.05) is 12.1 Å². The second-order valence-electron chi connectivity index (χ2n) is 8.33. The van der Waals surface area contributed by atoms with Crippen molar-refractivity contribution < 1.29 is 8.42 Å². The number of anilines is 3. The van der Waals surface area contributed by atoms with Crippen LogP contribution in [-0.4, -0.2) is 61.9 Å². The summed E-state index contributed by atoms with van der Waals surface area (Å²) in [6.07, 6.45) is 8.04. The van der Waals surface area contributed by atoms with Crippen LogP contribution >= 0.6 is 0 Å². The number of aromatic nitrogens is 2. The van der Waals surface area contributed by atoms with Gasteiger partial charge in [-0.3, -0.25) is 0 Å². The van der Waals surface area contributed by atoms with Crippen LogP contribution in [-0.2, 0) is 10.0 Å². The highest BCUT2D eigenvalue weighted by Gasteiger charge is 2.26. The molecule has 2 aromatic rings. The van der Waals surface area contributed by atoms with E-state index in [-0.39, 0.29) is 10.9 Å². The largest absolute Gasteiger partial charge is 0.329 e. The molecule has 1 aromatic carbocycles. The van der Waals surface area contributed by atoms with Gasteiger partial charge in [0.15, 0.2) is 0 Å². The highest BCUT2D eigenvalue weighted by molar-refractivity contribution is 7.89. The molecule has 4 rings (SSSR count). The van der Waals surface area contributed by atoms with Gasteiger partial charge >= 0.3 is 0 Å². The van der Waals surface area contributed by atoms with E-state index in [1.54, 1.807) is 25.3 Å². The van der Waals surface area contributed by atoms with Crippen molar-refractivity contribution in [3.8, 4) is 0 Å². The molecule has 1 aliphatic carbocycles. The van der Waals surface area contributed by atoms with Crippen LogP contribution < -0.4 is 15.6 Å². The summed E-state index contributed by atoms with van der Waals surface area (Å²) in [6.45, 7) is 3.87. The quantitative estimate of drug-likeness (QED) is 0.670. The molecule has 0 fully saturated rings. The minimum Gasteiger partial charge on any atom is -0.329 e. The van der Waals surface area contributed by atoms with Gasteiger partial charge < -0.3 is 15.2 Å². The number of nitrogens with one attached hydrogen (secondary N) is 2. The SMILES string of the molecule is CC1=C2C=C(N(C)c3ccnc(Nc4ccc(C)c(S(=O)(=O)N(C)C)c4)n3)C=CC2NN1C. The highest BCUT2D eigenvalue weighted by Crippen LogP contribution is 2.29. The van der Waals surface area contributed by atoms with Gasteiger partial charge in [-0.25, -0.2) is 23.1 Å². The summed E-state index contributed by atoms with van der Waals surface area (Å²) < 4.78 is 26.5. The maximum Gasteiger partial charge on any atom is 0.242 e. The third-order valence-corrected chi connectivity index (χ3v) is 7.88. The predicted octanol–water partition coefficient (Wildman–Crippen LogP) is 2.76. The van der Waals surface area contributed by atoms with Crippen molar-refractivity contribution in [3.63, 3.8) is 0 Å². The van der Waals surface area contributed by atoms with Gasteiger partial charge in [0.2, 0.25) is 16.0 Å². The number of benzene rings is 1. The van der Waals surface area contributed by atoms with E-state index in [0.717, 1.165) is 5.70 Å². The van der Waals surface area contributed by atoms with Crippen LogP contribution in [0.2, 0.25) is 0 Å². The molecule has 33 heavy (non-hydrogen) atoms. The van der Waals surface area contributed by atoms with Crippen LogP contribution in [0, 0.1) is 6.92 Å². The van der Waals surface area contributed by atoms with Gasteiger partial charge in [-0.05, 0) is 55.3 Å². The minimum atomic E-state index is -3.56. The average molecular weight is 468 g/mol. The van der Waals surface area contributed by atoms with Crippen LogP contribution in [0.25, 0.3) is 0 Å². The van der Waals surface area contributed by atoms with E-state index in [2.05, 4.69) is 45.9 Å². The molecule has 1 unspecified atom stereocenters.